The molecule has 1 aromatic rings. The summed E-state index contributed by atoms with van der Waals surface area (Å²) in [4.78, 5) is 17.0. The summed E-state index contributed by atoms with van der Waals surface area (Å²) in [6, 6.07) is 5.69. The van der Waals surface area contributed by atoms with Crippen LogP contribution in [0.2, 0.25) is 0 Å². The van der Waals surface area contributed by atoms with Crippen molar-refractivity contribution in [3.8, 4) is 0 Å². The van der Waals surface area contributed by atoms with Gasteiger partial charge in [0.1, 0.15) is 0 Å². The molecule has 1 amide bonds. The minimum Gasteiger partial charge on any atom is -0.341 e. The number of piperazine rings is 1. The molecule has 2 atom stereocenters. The van der Waals surface area contributed by atoms with E-state index < -0.39 is 11.7 Å². The predicted molar refractivity (Wildman–Crippen MR) is 93.7 cm³/mol. The second-order valence-electron chi connectivity index (χ2n) is 7.32. The Hall–Kier alpha value is -1.60. The van der Waals surface area contributed by atoms with Gasteiger partial charge in [0.15, 0.2) is 0 Å². The first kappa shape index (κ1) is 19.2. The van der Waals surface area contributed by atoms with Gasteiger partial charge in [-0.15, -0.1) is 0 Å². The first-order valence-electron chi connectivity index (χ1n) is 9.24. The Balaban J connectivity index is 1.56. The number of nitrogens with zero attached hydrogens (tertiary/aromatic N) is 2. The molecule has 1 aromatic carbocycles. The number of carbonyl (C=O) groups excluding carboxylic acids is 1. The van der Waals surface area contributed by atoms with Crippen LogP contribution in [0.5, 0.6) is 0 Å². The van der Waals surface area contributed by atoms with Crippen LogP contribution in [-0.2, 0) is 17.4 Å². The molecule has 3 rings (SSSR count). The van der Waals surface area contributed by atoms with Crippen molar-refractivity contribution in [1.29, 1.82) is 0 Å². The van der Waals surface area contributed by atoms with Crippen LogP contribution in [0.1, 0.15) is 24.5 Å². The summed E-state index contributed by atoms with van der Waals surface area (Å²) in [6.07, 6.45) is -3.05. The van der Waals surface area contributed by atoms with Crippen molar-refractivity contribution in [1.82, 2.24) is 15.1 Å². The lowest BCUT2D eigenvalue weighted by Crippen LogP contribution is -2.49. The van der Waals surface area contributed by atoms with Crippen molar-refractivity contribution in [2.75, 3.05) is 39.3 Å². The molecule has 1 N–H and O–H groups in total. The highest BCUT2D eigenvalue weighted by atomic mass is 19.4. The number of hydrogen-bond donors (Lipinski definition) is 1. The zero-order valence-electron chi connectivity index (χ0n) is 15.1. The van der Waals surface area contributed by atoms with Crippen molar-refractivity contribution in [2.45, 2.75) is 32.0 Å². The highest BCUT2D eigenvalue weighted by Crippen LogP contribution is 2.30. The molecule has 2 aliphatic heterocycles. The molecule has 0 spiro atoms. The smallest absolute Gasteiger partial charge is 0.341 e. The van der Waals surface area contributed by atoms with Crippen LogP contribution in [0.15, 0.2) is 24.3 Å². The lowest BCUT2D eigenvalue weighted by molar-refractivity contribution is -0.137. The maximum Gasteiger partial charge on any atom is 0.416 e. The van der Waals surface area contributed by atoms with Gasteiger partial charge in [0.2, 0.25) is 5.91 Å². The van der Waals surface area contributed by atoms with E-state index in [-0.39, 0.29) is 11.8 Å². The van der Waals surface area contributed by atoms with Crippen LogP contribution < -0.4 is 5.32 Å². The summed E-state index contributed by atoms with van der Waals surface area (Å²) in [5.41, 5.74) is -0.104. The molecule has 0 aromatic heterocycles. The summed E-state index contributed by atoms with van der Waals surface area (Å²) in [6.45, 7) is 7.25. The molecule has 0 aliphatic carbocycles. The van der Waals surface area contributed by atoms with Gasteiger partial charge in [-0.1, -0.05) is 25.1 Å². The van der Waals surface area contributed by atoms with E-state index in [4.69, 9.17) is 0 Å². The van der Waals surface area contributed by atoms with Crippen LogP contribution >= 0.6 is 0 Å². The van der Waals surface area contributed by atoms with E-state index in [1.807, 2.05) is 4.90 Å². The number of carbonyl (C=O) groups is 1. The monoisotopic (exact) mass is 369 g/mol. The highest BCUT2D eigenvalue weighted by molar-refractivity contribution is 5.79. The molecule has 2 unspecified atom stereocenters. The number of rotatable bonds is 4. The first-order chi connectivity index (χ1) is 12.3. The Morgan fingerprint density at radius 1 is 1.27 bits per heavy atom. The van der Waals surface area contributed by atoms with E-state index in [0.717, 1.165) is 57.8 Å². The van der Waals surface area contributed by atoms with Gasteiger partial charge in [-0.2, -0.15) is 13.2 Å². The molecule has 144 valence electrons. The van der Waals surface area contributed by atoms with Crippen LogP contribution in [-0.4, -0.2) is 61.0 Å². The molecule has 4 nitrogen and oxygen atoms in total. The Labute approximate surface area is 152 Å². The fourth-order valence-electron chi connectivity index (χ4n) is 3.91. The molecule has 0 radical (unpaired) electrons. The van der Waals surface area contributed by atoms with E-state index in [2.05, 4.69) is 10.2 Å². The summed E-state index contributed by atoms with van der Waals surface area (Å²) in [5, 5.41) is 3.33. The molecule has 0 saturated carbocycles. The van der Waals surface area contributed by atoms with E-state index in [0.29, 0.717) is 18.0 Å². The first-order valence-corrected chi connectivity index (χ1v) is 9.24. The average molecular weight is 369 g/mol. The van der Waals surface area contributed by atoms with Gasteiger partial charge < -0.3 is 10.2 Å². The zero-order valence-corrected chi connectivity index (χ0v) is 15.1. The van der Waals surface area contributed by atoms with Gasteiger partial charge in [-0.25, -0.2) is 0 Å². The molecule has 2 saturated heterocycles. The van der Waals surface area contributed by atoms with Crippen LogP contribution in [0.3, 0.4) is 0 Å². The number of hydrogen-bond acceptors (Lipinski definition) is 3. The SMILES string of the molecule is CC(Cc1cccc(C(F)(F)F)c1)C(=O)N1CCC(N2CCNCC2)C1. The number of likely N-dealkylation sites (tertiary alicyclic amines) is 1. The van der Waals surface area contributed by atoms with Crippen molar-refractivity contribution in [3.05, 3.63) is 35.4 Å². The Kier molecular flexibility index (Phi) is 5.87. The number of alkyl halides is 3. The quantitative estimate of drug-likeness (QED) is 0.885. The minimum atomic E-state index is -4.35. The van der Waals surface area contributed by atoms with E-state index in [9.17, 15) is 18.0 Å². The average Bonchev–Trinajstić information content (AvgIpc) is 3.11. The summed E-state index contributed by atoms with van der Waals surface area (Å²) in [5.74, 6) is -0.277. The van der Waals surface area contributed by atoms with E-state index in [1.54, 1.807) is 13.0 Å². The lowest BCUT2D eigenvalue weighted by Gasteiger charge is -2.32. The van der Waals surface area contributed by atoms with E-state index >= 15 is 0 Å². The second kappa shape index (κ2) is 7.96. The number of benzene rings is 1. The van der Waals surface area contributed by atoms with Crippen molar-refractivity contribution in [3.63, 3.8) is 0 Å². The maximum atomic E-state index is 12.8. The lowest BCUT2D eigenvalue weighted by atomic mass is 9.98. The highest BCUT2D eigenvalue weighted by Gasteiger charge is 2.33. The Bertz CT molecular complexity index is 629. The molecule has 2 heterocycles. The van der Waals surface area contributed by atoms with Gasteiger partial charge in [0, 0.05) is 51.2 Å². The molecule has 0 bridgehead atoms. The van der Waals surface area contributed by atoms with Crippen molar-refractivity contribution < 1.29 is 18.0 Å². The van der Waals surface area contributed by atoms with Crippen LogP contribution in [0.4, 0.5) is 13.2 Å². The molecular formula is C19H26F3N3O. The zero-order chi connectivity index (χ0) is 18.7. The largest absolute Gasteiger partial charge is 0.416 e. The normalized spacial score (nSPS) is 23.2. The fraction of sp³-hybridized carbons (Fsp3) is 0.632. The summed E-state index contributed by atoms with van der Waals surface area (Å²) >= 11 is 0. The van der Waals surface area contributed by atoms with Gasteiger partial charge in [-0.05, 0) is 24.5 Å². The van der Waals surface area contributed by atoms with Gasteiger partial charge in [0.05, 0.1) is 5.56 Å². The van der Waals surface area contributed by atoms with Crippen LogP contribution in [0, 0.1) is 5.92 Å². The van der Waals surface area contributed by atoms with Crippen molar-refractivity contribution in [2.24, 2.45) is 5.92 Å². The van der Waals surface area contributed by atoms with E-state index in [1.165, 1.54) is 6.07 Å². The second-order valence-corrected chi connectivity index (χ2v) is 7.32. The van der Waals surface area contributed by atoms with Crippen LogP contribution in [0.25, 0.3) is 0 Å². The molecular weight excluding hydrogens is 343 g/mol. The number of amides is 1. The van der Waals surface area contributed by atoms with Gasteiger partial charge in [0.25, 0.3) is 0 Å². The molecule has 2 aliphatic rings. The van der Waals surface area contributed by atoms with Crippen molar-refractivity contribution >= 4 is 5.91 Å². The Morgan fingerprint density at radius 3 is 2.69 bits per heavy atom. The molecule has 26 heavy (non-hydrogen) atoms. The third-order valence-corrected chi connectivity index (χ3v) is 5.36. The summed E-state index contributed by atoms with van der Waals surface area (Å²) in [7, 11) is 0. The maximum absolute atomic E-state index is 12.8. The predicted octanol–water partition coefficient (Wildman–Crippen LogP) is 2.39. The Morgan fingerprint density at radius 2 is 2.00 bits per heavy atom. The van der Waals surface area contributed by atoms with Gasteiger partial charge in [-0.3, -0.25) is 9.69 Å². The number of halogens is 3. The third kappa shape index (κ3) is 4.57. The number of nitrogens with one attached hydrogen (secondary N) is 1. The minimum absolute atomic E-state index is 0.0417. The topological polar surface area (TPSA) is 35.6 Å². The molecule has 7 heteroatoms. The third-order valence-electron chi connectivity index (χ3n) is 5.36. The fourth-order valence-corrected chi connectivity index (χ4v) is 3.91. The summed E-state index contributed by atoms with van der Waals surface area (Å²) < 4.78 is 38.5. The standard InChI is InChI=1S/C19H26F3N3O/c1-14(11-15-3-2-4-16(12-15)19(20,21)22)18(26)25-8-5-17(13-25)24-9-6-23-7-10-24/h2-4,12,14,17,23H,5-11,13H2,1H3. The van der Waals surface area contributed by atoms with Gasteiger partial charge >= 0.3 is 6.18 Å². The molecule has 2 fully saturated rings.